The minimum absolute atomic E-state index is 0.00856. The number of aryl methyl sites for hydroxylation is 1. The first-order chi connectivity index (χ1) is 13.9. The monoisotopic (exact) mass is 402 g/mol. The molecule has 2 aromatic rings. The Bertz CT molecular complexity index is 923. The third-order valence-electron chi connectivity index (χ3n) is 5.54. The highest BCUT2D eigenvalue weighted by molar-refractivity contribution is 5.81. The van der Waals surface area contributed by atoms with Gasteiger partial charge in [0, 0.05) is 37.7 Å². The fraction of sp³-hybridized carbons (Fsp3) is 0.571. The van der Waals surface area contributed by atoms with Crippen LogP contribution in [0, 0.1) is 0 Å². The number of amides is 1. The molecule has 1 N–H and O–H groups in total. The van der Waals surface area contributed by atoms with Crippen molar-refractivity contribution in [1.29, 1.82) is 0 Å². The highest BCUT2D eigenvalue weighted by Crippen LogP contribution is 2.29. The van der Waals surface area contributed by atoms with E-state index in [4.69, 9.17) is 9.47 Å². The van der Waals surface area contributed by atoms with Crippen LogP contribution in [-0.4, -0.2) is 60.3 Å². The highest BCUT2D eigenvalue weighted by atomic mass is 16.5. The van der Waals surface area contributed by atoms with E-state index in [0.717, 1.165) is 0 Å². The molecule has 8 heteroatoms. The van der Waals surface area contributed by atoms with Crippen molar-refractivity contribution in [1.82, 2.24) is 19.8 Å². The van der Waals surface area contributed by atoms with Crippen molar-refractivity contribution in [2.45, 2.75) is 51.2 Å². The van der Waals surface area contributed by atoms with Crippen molar-refractivity contribution in [2.75, 3.05) is 27.8 Å². The summed E-state index contributed by atoms with van der Waals surface area (Å²) in [6.07, 6.45) is 4.96. The SMILES string of the molecule is COc1cc2ncn(CCCC(=O)NCC(C)N(C)C3CC3)c(=O)c2cc1OC. The number of hydrogen-bond acceptors (Lipinski definition) is 6. The van der Waals surface area contributed by atoms with Crippen LogP contribution in [0.4, 0.5) is 0 Å². The Balaban J connectivity index is 1.55. The number of benzene rings is 1. The lowest BCUT2D eigenvalue weighted by atomic mass is 10.2. The molecule has 1 atom stereocenters. The Kier molecular flexibility index (Phi) is 6.74. The van der Waals surface area contributed by atoms with Crippen molar-refractivity contribution in [3.8, 4) is 11.5 Å². The third-order valence-corrected chi connectivity index (χ3v) is 5.54. The molecular weight excluding hydrogens is 372 g/mol. The maximum atomic E-state index is 12.8. The van der Waals surface area contributed by atoms with Crippen LogP contribution in [0.1, 0.15) is 32.6 Å². The average Bonchev–Trinajstić information content (AvgIpc) is 3.57. The molecular formula is C21H30N4O4. The van der Waals surface area contributed by atoms with Crippen molar-refractivity contribution in [3.63, 3.8) is 0 Å². The van der Waals surface area contributed by atoms with Crippen molar-refractivity contribution < 1.29 is 14.3 Å². The molecule has 1 unspecified atom stereocenters. The fourth-order valence-corrected chi connectivity index (χ4v) is 3.39. The number of carbonyl (C=O) groups excluding carboxylic acids is 1. The quantitative estimate of drug-likeness (QED) is 0.652. The predicted molar refractivity (Wildman–Crippen MR) is 112 cm³/mol. The molecule has 0 aliphatic heterocycles. The van der Waals surface area contributed by atoms with Gasteiger partial charge in [0.15, 0.2) is 11.5 Å². The van der Waals surface area contributed by atoms with Crippen LogP contribution >= 0.6 is 0 Å². The third kappa shape index (κ3) is 5.06. The molecule has 0 saturated heterocycles. The van der Waals surface area contributed by atoms with Crippen LogP contribution in [0.15, 0.2) is 23.3 Å². The number of nitrogens with zero attached hydrogens (tertiary/aromatic N) is 3. The molecule has 1 heterocycles. The lowest BCUT2D eigenvalue weighted by Gasteiger charge is -2.24. The lowest BCUT2D eigenvalue weighted by Crippen LogP contribution is -2.41. The van der Waals surface area contributed by atoms with Gasteiger partial charge in [-0.25, -0.2) is 4.98 Å². The normalized spacial score (nSPS) is 14.8. The Morgan fingerprint density at radius 1 is 1.31 bits per heavy atom. The van der Waals surface area contributed by atoms with Gasteiger partial charge in [0.05, 0.1) is 31.4 Å². The van der Waals surface area contributed by atoms with Crippen LogP contribution < -0.4 is 20.3 Å². The van der Waals surface area contributed by atoms with E-state index >= 15 is 0 Å². The molecule has 0 spiro atoms. The van der Waals surface area contributed by atoms with Gasteiger partial charge in [0.25, 0.3) is 5.56 Å². The summed E-state index contributed by atoms with van der Waals surface area (Å²) < 4.78 is 12.1. The first-order valence-electron chi connectivity index (χ1n) is 10.0. The number of rotatable bonds is 10. The van der Waals surface area contributed by atoms with Crippen molar-refractivity contribution in [3.05, 3.63) is 28.8 Å². The Hall–Kier alpha value is -2.61. The smallest absolute Gasteiger partial charge is 0.261 e. The minimum atomic E-state index is -0.156. The number of likely N-dealkylation sites (N-methyl/N-ethyl adjacent to an activating group) is 1. The summed E-state index contributed by atoms with van der Waals surface area (Å²) in [5.74, 6) is 1.03. The molecule has 1 fully saturated rings. The summed E-state index contributed by atoms with van der Waals surface area (Å²) >= 11 is 0. The van der Waals surface area contributed by atoms with Gasteiger partial charge in [-0.15, -0.1) is 0 Å². The van der Waals surface area contributed by atoms with E-state index in [1.54, 1.807) is 19.2 Å². The van der Waals surface area contributed by atoms with Crippen molar-refractivity contribution >= 4 is 16.8 Å². The number of ether oxygens (including phenoxy) is 2. The Morgan fingerprint density at radius 3 is 2.66 bits per heavy atom. The molecule has 1 aliphatic rings. The summed E-state index contributed by atoms with van der Waals surface area (Å²) in [4.78, 5) is 31.6. The summed E-state index contributed by atoms with van der Waals surface area (Å²) in [6, 6.07) is 4.33. The topological polar surface area (TPSA) is 85.7 Å². The zero-order valence-electron chi connectivity index (χ0n) is 17.6. The molecule has 8 nitrogen and oxygen atoms in total. The summed E-state index contributed by atoms with van der Waals surface area (Å²) in [5, 5.41) is 3.45. The number of aromatic nitrogens is 2. The maximum absolute atomic E-state index is 12.8. The van der Waals surface area contributed by atoms with Gasteiger partial charge in [-0.1, -0.05) is 0 Å². The molecule has 0 radical (unpaired) electrons. The van der Waals surface area contributed by atoms with Crippen molar-refractivity contribution in [2.24, 2.45) is 0 Å². The lowest BCUT2D eigenvalue weighted by molar-refractivity contribution is -0.121. The number of carbonyl (C=O) groups is 1. The second kappa shape index (κ2) is 9.26. The van der Waals surface area contributed by atoms with Crippen LogP contribution in [0.2, 0.25) is 0 Å². The number of fused-ring (bicyclic) bond motifs is 1. The van der Waals surface area contributed by atoms with E-state index in [9.17, 15) is 9.59 Å². The van der Waals surface area contributed by atoms with Gasteiger partial charge in [0.2, 0.25) is 5.91 Å². The highest BCUT2D eigenvalue weighted by Gasteiger charge is 2.29. The molecule has 1 saturated carbocycles. The number of hydrogen-bond donors (Lipinski definition) is 1. The van der Waals surface area contributed by atoms with E-state index in [-0.39, 0.29) is 11.5 Å². The van der Waals surface area contributed by atoms with E-state index < -0.39 is 0 Å². The molecule has 3 rings (SSSR count). The van der Waals surface area contributed by atoms with E-state index in [2.05, 4.69) is 29.2 Å². The maximum Gasteiger partial charge on any atom is 0.261 e. The molecule has 0 bridgehead atoms. The Morgan fingerprint density at radius 2 is 2.00 bits per heavy atom. The molecule has 1 aromatic carbocycles. The second-order valence-corrected chi connectivity index (χ2v) is 7.62. The van der Waals surface area contributed by atoms with E-state index in [1.807, 2.05) is 0 Å². The van der Waals surface area contributed by atoms with Crippen LogP contribution in [0.5, 0.6) is 11.5 Å². The largest absolute Gasteiger partial charge is 0.493 e. The van der Waals surface area contributed by atoms with E-state index in [0.29, 0.717) is 60.4 Å². The van der Waals surface area contributed by atoms with Gasteiger partial charge in [-0.05, 0) is 39.3 Å². The van der Waals surface area contributed by atoms with E-state index in [1.165, 1.54) is 30.8 Å². The minimum Gasteiger partial charge on any atom is -0.493 e. The summed E-state index contributed by atoms with van der Waals surface area (Å²) in [7, 11) is 5.18. The first kappa shape index (κ1) is 21.1. The van der Waals surface area contributed by atoms with Crippen LogP contribution in [0.25, 0.3) is 10.9 Å². The molecule has 29 heavy (non-hydrogen) atoms. The first-order valence-corrected chi connectivity index (χ1v) is 10.0. The van der Waals surface area contributed by atoms with Gasteiger partial charge < -0.3 is 14.8 Å². The fourth-order valence-electron chi connectivity index (χ4n) is 3.39. The van der Waals surface area contributed by atoms with Crippen LogP contribution in [0.3, 0.4) is 0 Å². The molecule has 1 aromatic heterocycles. The van der Waals surface area contributed by atoms with Gasteiger partial charge in [-0.3, -0.25) is 19.1 Å². The standard InChI is InChI=1S/C21H30N4O4/c1-14(24(2)15-7-8-15)12-22-20(26)6-5-9-25-13-23-17-11-19(29-4)18(28-3)10-16(17)21(25)27/h10-11,13-15H,5-9,12H2,1-4H3,(H,22,26). The van der Waals surface area contributed by atoms with Gasteiger partial charge >= 0.3 is 0 Å². The Labute approximate surface area is 170 Å². The number of methoxy groups -OCH3 is 2. The zero-order chi connectivity index (χ0) is 21.0. The summed E-state index contributed by atoms with van der Waals surface area (Å²) in [6.45, 7) is 3.20. The van der Waals surface area contributed by atoms with Gasteiger partial charge in [-0.2, -0.15) is 0 Å². The molecule has 1 amide bonds. The van der Waals surface area contributed by atoms with Gasteiger partial charge in [0.1, 0.15) is 0 Å². The predicted octanol–water partition coefficient (Wildman–Crippen LogP) is 1.79. The van der Waals surface area contributed by atoms with Crippen LogP contribution in [-0.2, 0) is 11.3 Å². The average molecular weight is 402 g/mol. The molecule has 158 valence electrons. The summed E-state index contributed by atoms with van der Waals surface area (Å²) in [5.41, 5.74) is 0.395. The second-order valence-electron chi connectivity index (χ2n) is 7.62. The molecule has 1 aliphatic carbocycles. The zero-order valence-corrected chi connectivity index (χ0v) is 17.6. The number of nitrogens with one attached hydrogen (secondary N) is 1.